The monoisotopic (exact) mass is 440 g/mol. The summed E-state index contributed by atoms with van der Waals surface area (Å²) in [4.78, 5) is 38.3. The number of para-hydroxylation sites is 2. The van der Waals surface area contributed by atoms with E-state index in [0.29, 0.717) is 22.7 Å². The molecule has 3 aromatic heterocycles. The van der Waals surface area contributed by atoms with Crippen molar-refractivity contribution in [1.29, 1.82) is 0 Å². The first-order valence-electron chi connectivity index (χ1n) is 9.29. The van der Waals surface area contributed by atoms with E-state index >= 15 is 0 Å². The minimum Gasteiger partial charge on any atom is -0.323 e. The van der Waals surface area contributed by atoms with Crippen molar-refractivity contribution >= 4 is 44.9 Å². The lowest BCUT2D eigenvalue weighted by atomic mass is 10.2. The molecule has 1 aromatic carbocycles. The van der Waals surface area contributed by atoms with Crippen LogP contribution >= 0.6 is 23.1 Å². The third-order valence-corrected chi connectivity index (χ3v) is 7.01. The second-order valence-corrected chi connectivity index (χ2v) is 9.31. The molecule has 0 fully saturated rings. The molecule has 0 bridgehead atoms. The van der Waals surface area contributed by atoms with Crippen molar-refractivity contribution in [3.05, 3.63) is 63.5 Å². The summed E-state index contributed by atoms with van der Waals surface area (Å²) in [6, 6.07) is 7.40. The van der Waals surface area contributed by atoms with Crippen LogP contribution in [0, 0.1) is 13.8 Å². The van der Waals surface area contributed by atoms with Crippen LogP contribution in [0.5, 0.6) is 0 Å². The standard InChI is InChI=1S/C20H20N6O2S2/c1-11-12(2)30-20-17(11)19(28)24-16(25-20)8-29-13(3)18(27)23-14-6-4-5-7-15(14)26-10-21-9-22-26/h4-7,9-10,13H,8H2,1-3H3,(H,23,27)(H,24,25,28). The maximum Gasteiger partial charge on any atom is 0.259 e. The molecule has 0 aliphatic rings. The van der Waals surface area contributed by atoms with Crippen molar-refractivity contribution in [2.45, 2.75) is 31.8 Å². The topological polar surface area (TPSA) is 106 Å². The number of rotatable bonds is 6. The van der Waals surface area contributed by atoms with Crippen molar-refractivity contribution in [1.82, 2.24) is 24.7 Å². The molecule has 0 radical (unpaired) electrons. The maximum atomic E-state index is 12.7. The second kappa shape index (κ2) is 8.41. The summed E-state index contributed by atoms with van der Waals surface area (Å²) in [5, 5.41) is 7.38. The first-order valence-corrected chi connectivity index (χ1v) is 11.2. The number of aromatic nitrogens is 5. The number of nitrogens with zero attached hydrogens (tertiary/aromatic N) is 4. The molecule has 1 amide bonds. The highest BCUT2D eigenvalue weighted by atomic mass is 32.2. The minimum absolute atomic E-state index is 0.128. The van der Waals surface area contributed by atoms with Gasteiger partial charge >= 0.3 is 0 Å². The molecule has 8 nitrogen and oxygen atoms in total. The summed E-state index contributed by atoms with van der Waals surface area (Å²) in [7, 11) is 0. The van der Waals surface area contributed by atoms with Gasteiger partial charge < -0.3 is 10.3 Å². The van der Waals surface area contributed by atoms with Crippen molar-refractivity contribution in [3.63, 3.8) is 0 Å². The number of thioether (sulfide) groups is 1. The molecular weight excluding hydrogens is 420 g/mol. The molecule has 4 aromatic rings. The molecule has 10 heteroatoms. The fraction of sp³-hybridized carbons (Fsp3) is 0.250. The summed E-state index contributed by atoms with van der Waals surface area (Å²) in [5.41, 5.74) is 2.23. The summed E-state index contributed by atoms with van der Waals surface area (Å²) >= 11 is 2.93. The van der Waals surface area contributed by atoms with Crippen LogP contribution < -0.4 is 10.9 Å². The number of aryl methyl sites for hydroxylation is 2. The van der Waals surface area contributed by atoms with E-state index in [4.69, 9.17) is 0 Å². The number of nitrogens with one attached hydrogen (secondary N) is 2. The molecule has 4 rings (SSSR count). The molecule has 0 aliphatic heterocycles. The maximum absolute atomic E-state index is 12.7. The minimum atomic E-state index is -0.346. The largest absolute Gasteiger partial charge is 0.323 e. The van der Waals surface area contributed by atoms with Crippen molar-refractivity contribution in [2.24, 2.45) is 0 Å². The zero-order valence-corrected chi connectivity index (χ0v) is 18.3. The highest BCUT2D eigenvalue weighted by Crippen LogP contribution is 2.27. The van der Waals surface area contributed by atoms with Gasteiger partial charge in [-0.05, 0) is 38.5 Å². The van der Waals surface area contributed by atoms with Gasteiger partial charge in [0.25, 0.3) is 5.56 Å². The Morgan fingerprint density at radius 2 is 2.13 bits per heavy atom. The van der Waals surface area contributed by atoms with E-state index in [1.165, 1.54) is 29.4 Å². The SMILES string of the molecule is Cc1sc2nc(CSC(C)C(=O)Nc3ccccc3-n3cncn3)[nH]c(=O)c2c1C. The number of H-pyrrole nitrogens is 1. The lowest BCUT2D eigenvalue weighted by Gasteiger charge is -2.14. The first-order chi connectivity index (χ1) is 14.4. The molecule has 30 heavy (non-hydrogen) atoms. The number of hydrogen-bond donors (Lipinski definition) is 2. The molecule has 0 aliphatic carbocycles. The summed E-state index contributed by atoms with van der Waals surface area (Å²) in [6.07, 6.45) is 3.02. The van der Waals surface area contributed by atoms with Crippen LogP contribution in [-0.2, 0) is 10.5 Å². The van der Waals surface area contributed by atoms with Gasteiger partial charge in [0.2, 0.25) is 5.91 Å². The van der Waals surface area contributed by atoms with Gasteiger partial charge in [-0.3, -0.25) is 9.59 Å². The number of aromatic amines is 1. The Hall–Kier alpha value is -2.98. The fourth-order valence-corrected chi connectivity index (χ4v) is 4.80. The summed E-state index contributed by atoms with van der Waals surface area (Å²) in [6.45, 7) is 5.75. The number of amides is 1. The Balaban J connectivity index is 1.45. The van der Waals surface area contributed by atoms with E-state index in [1.54, 1.807) is 11.0 Å². The number of hydrogen-bond acceptors (Lipinski definition) is 7. The van der Waals surface area contributed by atoms with E-state index in [2.05, 4.69) is 25.4 Å². The van der Waals surface area contributed by atoms with Gasteiger partial charge in [0.1, 0.15) is 23.3 Å². The Bertz CT molecular complexity index is 1260. The van der Waals surface area contributed by atoms with Gasteiger partial charge in [-0.1, -0.05) is 12.1 Å². The summed E-state index contributed by atoms with van der Waals surface area (Å²) < 4.78 is 1.60. The number of benzene rings is 1. The van der Waals surface area contributed by atoms with Crippen LogP contribution in [0.15, 0.2) is 41.7 Å². The average Bonchev–Trinajstić information content (AvgIpc) is 3.35. The number of fused-ring (bicyclic) bond motifs is 1. The highest BCUT2D eigenvalue weighted by molar-refractivity contribution is 7.99. The molecule has 1 unspecified atom stereocenters. The molecule has 0 saturated heterocycles. The Kier molecular flexibility index (Phi) is 5.69. The normalized spacial score (nSPS) is 12.2. The van der Waals surface area contributed by atoms with E-state index < -0.39 is 0 Å². The zero-order chi connectivity index (χ0) is 21.3. The average molecular weight is 441 g/mol. The van der Waals surface area contributed by atoms with Crippen LogP contribution in [0.4, 0.5) is 5.69 Å². The third kappa shape index (κ3) is 4.01. The van der Waals surface area contributed by atoms with Gasteiger partial charge in [-0.15, -0.1) is 23.1 Å². The summed E-state index contributed by atoms with van der Waals surface area (Å²) in [5.74, 6) is 0.862. The van der Waals surface area contributed by atoms with Gasteiger partial charge in [0.05, 0.1) is 27.8 Å². The van der Waals surface area contributed by atoms with Gasteiger partial charge in [-0.25, -0.2) is 14.6 Å². The van der Waals surface area contributed by atoms with Gasteiger partial charge in [0.15, 0.2) is 0 Å². The number of anilines is 1. The quantitative estimate of drug-likeness (QED) is 0.476. The molecule has 0 saturated carbocycles. The number of thiophene rings is 1. The Morgan fingerprint density at radius 1 is 1.33 bits per heavy atom. The van der Waals surface area contributed by atoms with Crippen LogP contribution in [0.1, 0.15) is 23.2 Å². The molecule has 3 heterocycles. The van der Waals surface area contributed by atoms with E-state index in [0.717, 1.165) is 21.0 Å². The molecular formula is C20H20N6O2S2. The van der Waals surface area contributed by atoms with Crippen LogP contribution in [0.2, 0.25) is 0 Å². The fourth-order valence-electron chi connectivity index (χ4n) is 2.99. The van der Waals surface area contributed by atoms with Crippen LogP contribution in [-0.4, -0.2) is 35.9 Å². The predicted octanol–water partition coefficient (Wildman–Crippen LogP) is 3.44. The molecule has 154 valence electrons. The lowest BCUT2D eigenvalue weighted by Crippen LogP contribution is -2.23. The van der Waals surface area contributed by atoms with E-state index in [1.807, 2.05) is 45.0 Å². The van der Waals surface area contributed by atoms with Crippen molar-refractivity contribution < 1.29 is 4.79 Å². The Labute approximate surface area is 180 Å². The van der Waals surface area contributed by atoms with Crippen LogP contribution in [0.3, 0.4) is 0 Å². The molecule has 1 atom stereocenters. The zero-order valence-electron chi connectivity index (χ0n) is 16.7. The van der Waals surface area contributed by atoms with Gasteiger partial charge in [-0.2, -0.15) is 5.10 Å². The predicted molar refractivity (Wildman–Crippen MR) is 120 cm³/mol. The van der Waals surface area contributed by atoms with E-state index in [-0.39, 0.29) is 16.7 Å². The molecule has 0 spiro atoms. The highest BCUT2D eigenvalue weighted by Gasteiger charge is 2.17. The smallest absolute Gasteiger partial charge is 0.259 e. The van der Waals surface area contributed by atoms with Crippen molar-refractivity contribution in [2.75, 3.05) is 5.32 Å². The number of carbonyl (C=O) groups excluding carboxylic acids is 1. The number of carbonyl (C=O) groups is 1. The lowest BCUT2D eigenvalue weighted by molar-refractivity contribution is -0.115. The Morgan fingerprint density at radius 3 is 2.90 bits per heavy atom. The van der Waals surface area contributed by atoms with Gasteiger partial charge in [0, 0.05) is 4.88 Å². The third-order valence-electron chi connectivity index (χ3n) is 4.75. The van der Waals surface area contributed by atoms with E-state index in [9.17, 15) is 9.59 Å². The second-order valence-electron chi connectivity index (χ2n) is 6.78. The van der Waals surface area contributed by atoms with Crippen molar-refractivity contribution in [3.8, 4) is 5.69 Å². The van der Waals surface area contributed by atoms with Crippen LogP contribution in [0.25, 0.3) is 15.9 Å². The molecule has 2 N–H and O–H groups in total. The first kappa shape index (κ1) is 20.3.